The SMILES string of the molecule is NC1(C(=O)Nc2ccc(C3OCCO3)cc2)CCCC1. The van der Waals surface area contributed by atoms with Gasteiger partial charge in [-0.05, 0) is 25.0 Å². The zero-order valence-electron chi connectivity index (χ0n) is 11.4. The van der Waals surface area contributed by atoms with Crippen molar-refractivity contribution in [3.05, 3.63) is 29.8 Å². The first-order chi connectivity index (χ1) is 9.67. The highest BCUT2D eigenvalue weighted by atomic mass is 16.7. The van der Waals surface area contributed by atoms with Gasteiger partial charge in [0.15, 0.2) is 6.29 Å². The van der Waals surface area contributed by atoms with E-state index in [1.807, 2.05) is 24.3 Å². The molecule has 1 amide bonds. The molecule has 1 saturated heterocycles. The maximum absolute atomic E-state index is 12.2. The zero-order chi connectivity index (χ0) is 14.0. The van der Waals surface area contributed by atoms with Gasteiger partial charge in [0, 0.05) is 11.3 Å². The van der Waals surface area contributed by atoms with E-state index in [0.717, 1.165) is 36.9 Å². The van der Waals surface area contributed by atoms with Crippen molar-refractivity contribution in [2.24, 2.45) is 5.73 Å². The highest BCUT2D eigenvalue weighted by molar-refractivity contribution is 5.98. The van der Waals surface area contributed by atoms with Gasteiger partial charge >= 0.3 is 0 Å². The van der Waals surface area contributed by atoms with Crippen molar-refractivity contribution in [3.8, 4) is 0 Å². The number of ether oxygens (including phenoxy) is 2. The van der Waals surface area contributed by atoms with Gasteiger partial charge in [0.1, 0.15) is 0 Å². The van der Waals surface area contributed by atoms with E-state index in [1.54, 1.807) is 0 Å². The lowest BCUT2D eigenvalue weighted by molar-refractivity contribution is -0.121. The van der Waals surface area contributed by atoms with E-state index >= 15 is 0 Å². The van der Waals surface area contributed by atoms with Crippen molar-refractivity contribution in [1.29, 1.82) is 0 Å². The Hall–Kier alpha value is -1.43. The first kappa shape index (κ1) is 13.5. The average Bonchev–Trinajstić information content (AvgIpc) is 3.11. The molecule has 0 bridgehead atoms. The molecule has 1 saturated carbocycles. The molecule has 0 unspecified atom stereocenters. The summed E-state index contributed by atoms with van der Waals surface area (Å²) in [5.41, 5.74) is 7.15. The number of anilines is 1. The van der Waals surface area contributed by atoms with Crippen LogP contribution < -0.4 is 11.1 Å². The second-order valence-electron chi connectivity index (χ2n) is 5.51. The van der Waals surface area contributed by atoms with Crippen LogP contribution >= 0.6 is 0 Å². The Balaban J connectivity index is 1.64. The summed E-state index contributed by atoms with van der Waals surface area (Å²) in [6, 6.07) is 7.53. The third-order valence-corrected chi connectivity index (χ3v) is 4.01. The molecule has 1 aromatic carbocycles. The molecule has 108 valence electrons. The van der Waals surface area contributed by atoms with Gasteiger partial charge in [0.2, 0.25) is 5.91 Å². The van der Waals surface area contributed by atoms with Crippen LogP contribution in [0.4, 0.5) is 5.69 Å². The fourth-order valence-corrected chi connectivity index (χ4v) is 2.76. The molecular formula is C15H20N2O3. The lowest BCUT2D eigenvalue weighted by Crippen LogP contribution is -2.48. The van der Waals surface area contributed by atoms with Crippen LogP contribution in [0, 0.1) is 0 Å². The minimum Gasteiger partial charge on any atom is -0.346 e. The van der Waals surface area contributed by atoms with Crippen molar-refractivity contribution < 1.29 is 14.3 Å². The third kappa shape index (κ3) is 2.70. The van der Waals surface area contributed by atoms with E-state index in [9.17, 15) is 4.79 Å². The number of hydrogen-bond donors (Lipinski definition) is 2. The number of carbonyl (C=O) groups is 1. The summed E-state index contributed by atoms with van der Waals surface area (Å²) < 4.78 is 10.9. The fraction of sp³-hybridized carbons (Fsp3) is 0.533. The van der Waals surface area contributed by atoms with Crippen LogP contribution in [0.2, 0.25) is 0 Å². The molecule has 5 nitrogen and oxygen atoms in total. The molecule has 3 rings (SSSR count). The summed E-state index contributed by atoms with van der Waals surface area (Å²) in [6.45, 7) is 1.25. The van der Waals surface area contributed by atoms with Gasteiger partial charge in [-0.3, -0.25) is 4.79 Å². The Kier molecular flexibility index (Phi) is 3.74. The van der Waals surface area contributed by atoms with Crippen LogP contribution in [0.15, 0.2) is 24.3 Å². The Morgan fingerprint density at radius 1 is 1.15 bits per heavy atom. The van der Waals surface area contributed by atoms with Gasteiger partial charge in [-0.2, -0.15) is 0 Å². The Bertz CT molecular complexity index is 474. The van der Waals surface area contributed by atoms with Crippen molar-refractivity contribution in [2.75, 3.05) is 18.5 Å². The van der Waals surface area contributed by atoms with Crippen molar-refractivity contribution in [1.82, 2.24) is 0 Å². The van der Waals surface area contributed by atoms with Crippen molar-refractivity contribution >= 4 is 11.6 Å². The minimum atomic E-state index is -0.698. The van der Waals surface area contributed by atoms with Crippen LogP contribution in [-0.2, 0) is 14.3 Å². The van der Waals surface area contributed by atoms with Crippen LogP contribution in [0.25, 0.3) is 0 Å². The van der Waals surface area contributed by atoms with Crippen molar-refractivity contribution in [2.45, 2.75) is 37.5 Å². The highest BCUT2D eigenvalue weighted by Gasteiger charge is 2.36. The van der Waals surface area contributed by atoms with Crippen molar-refractivity contribution in [3.63, 3.8) is 0 Å². The fourth-order valence-electron chi connectivity index (χ4n) is 2.76. The summed E-state index contributed by atoms with van der Waals surface area (Å²) in [6.07, 6.45) is 3.30. The van der Waals surface area contributed by atoms with E-state index in [-0.39, 0.29) is 12.2 Å². The van der Waals surface area contributed by atoms with Gasteiger partial charge in [-0.1, -0.05) is 25.0 Å². The average molecular weight is 276 g/mol. The summed E-state index contributed by atoms with van der Waals surface area (Å²) in [4.78, 5) is 12.2. The largest absolute Gasteiger partial charge is 0.346 e. The van der Waals surface area contributed by atoms with E-state index in [4.69, 9.17) is 15.2 Å². The minimum absolute atomic E-state index is 0.0869. The molecule has 0 spiro atoms. The third-order valence-electron chi connectivity index (χ3n) is 4.01. The molecule has 0 aromatic heterocycles. The van der Waals surface area contributed by atoms with E-state index < -0.39 is 5.54 Å². The van der Waals surface area contributed by atoms with E-state index in [1.165, 1.54) is 0 Å². The molecule has 1 aliphatic carbocycles. The van der Waals surface area contributed by atoms with Gasteiger partial charge in [0.05, 0.1) is 18.8 Å². The van der Waals surface area contributed by atoms with Gasteiger partial charge in [-0.25, -0.2) is 0 Å². The first-order valence-electron chi connectivity index (χ1n) is 7.11. The summed E-state index contributed by atoms with van der Waals surface area (Å²) in [7, 11) is 0. The topological polar surface area (TPSA) is 73.6 Å². The monoisotopic (exact) mass is 276 g/mol. The maximum Gasteiger partial charge on any atom is 0.244 e. The number of hydrogen-bond acceptors (Lipinski definition) is 4. The van der Waals surface area contributed by atoms with Gasteiger partial charge < -0.3 is 20.5 Å². The normalized spacial score (nSPS) is 22.1. The number of rotatable bonds is 3. The number of nitrogens with one attached hydrogen (secondary N) is 1. The quantitative estimate of drug-likeness (QED) is 0.885. The Morgan fingerprint density at radius 2 is 1.75 bits per heavy atom. The molecular weight excluding hydrogens is 256 g/mol. The predicted octanol–water partition coefficient (Wildman–Crippen LogP) is 1.94. The molecule has 2 fully saturated rings. The summed E-state index contributed by atoms with van der Waals surface area (Å²) in [5, 5.41) is 2.90. The second kappa shape index (κ2) is 5.52. The molecule has 1 heterocycles. The molecule has 0 atom stereocenters. The molecule has 20 heavy (non-hydrogen) atoms. The first-order valence-corrected chi connectivity index (χ1v) is 7.11. The van der Waals surface area contributed by atoms with Crippen LogP contribution in [0.3, 0.4) is 0 Å². The van der Waals surface area contributed by atoms with Gasteiger partial charge in [-0.15, -0.1) is 0 Å². The van der Waals surface area contributed by atoms with Crippen LogP contribution in [0.1, 0.15) is 37.5 Å². The Labute approximate surface area is 118 Å². The van der Waals surface area contributed by atoms with E-state index in [2.05, 4.69) is 5.32 Å². The van der Waals surface area contributed by atoms with Crippen LogP contribution in [-0.4, -0.2) is 24.7 Å². The smallest absolute Gasteiger partial charge is 0.244 e. The lowest BCUT2D eigenvalue weighted by Gasteiger charge is -2.22. The number of benzene rings is 1. The lowest BCUT2D eigenvalue weighted by atomic mass is 9.98. The number of nitrogens with two attached hydrogens (primary N) is 1. The number of carbonyl (C=O) groups excluding carboxylic acids is 1. The maximum atomic E-state index is 12.2. The molecule has 3 N–H and O–H groups in total. The Morgan fingerprint density at radius 3 is 2.35 bits per heavy atom. The summed E-state index contributed by atoms with van der Waals surface area (Å²) in [5.74, 6) is -0.0869. The molecule has 1 aliphatic heterocycles. The number of amides is 1. The zero-order valence-corrected chi connectivity index (χ0v) is 11.4. The molecule has 5 heteroatoms. The standard InChI is InChI=1S/C15H20N2O3/c16-15(7-1-2-8-15)14(18)17-12-5-3-11(4-6-12)13-19-9-10-20-13/h3-6,13H,1-2,7-10,16H2,(H,17,18). The summed E-state index contributed by atoms with van der Waals surface area (Å²) >= 11 is 0. The molecule has 2 aliphatic rings. The second-order valence-corrected chi connectivity index (χ2v) is 5.51. The molecule has 1 aromatic rings. The van der Waals surface area contributed by atoms with E-state index in [0.29, 0.717) is 13.2 Å². The van der Waals surface area contributed by atoms with Gasteiger partial charge in [0.25, 0.3) is 0 Å². The predicted molar refractivity (Wildman–Crippen MR) is 75.1 cm³/mol. The molecule has 0 radical (unpaired) electrons. The van der Waals surface area contributed by atoms with Crippen LogP contribution in [0.5, 0.6) is 0 Å². The highest BCUT2D eigenvalue weighted by Crippen LogP contribution is 2.29.